The normalized spacial score (nSPS) is 22.7. The number of aromatic nitrogens is 3. The van der Waals surface area contributed by atoms with Crippen molar-refractivity contribution in [3.05, 3.63) is 54.0 Å². The number of carbonyl (C=O) groups is 1. The van der Waals surface area contributed by atoms with Crippen LogP contribution in [-0.2, 0) is 17.8 Å². The highest BCUT2D eigenvalue weighted by molar-refractivity contribution is 5.94. The first-order valence-electron chi connectivity index (χ1n) is 14.5. The van der Waals surface area contributed by atoms with Crippen LogP contribution in [0, 0.1) is 22.7 Å². The van der Waals surface area contributed by atoms with E-state index in [4.69, 9.17) is 9.97 Å². The zero-order valence-electron chi connectivity index (χ0n) is 24.3. The van der Waals surface area contributed by atoms with Crippen LogP contribution in [0.3, 0.4) is 0 Å². The molecule has 2 aromatic heterocycles. The predicted octanol–water partition coefficient (Wildman–Crippen LogP) is 5.99. The van der Waals surface area contributed by atoms with Crippen molar-refractivity contribution in [2.24, 2.45) is 22.7 Å². The number of fused-ring (bicyclic) bond motifs is 1. The summed E-state index contributed by atoms with van der Waals surface area (Å²) in [6.07, 6.45) is 10.5. The maximum atomic E-state index is 12.4. The highest BCUT2D eigenvalue weighted by Gasteiger charge is 2.53. The van der Waals surface area contributed by atoms with Gasteiger partial charge in [-0.25, -0.2) is 15.0 Å². The van der Waals surface area contributed by atoms with Gasteiger partial charge in [0, 0.05) is 49.6 Å². The molecule has 7 nitrogen and oxygen atoms in total. The quantitative estimate of drug-likeness (QED) is 0.355. The second-order valence-corrected chi connectivity index (χ2v) is 13.0. The first kappa shape index (κ1) is 27.5. The molecular weight excluding hydrogens is 484 g/mol. The van der Waals surface area contributed by atoms with E-state index in [0.29, 0.717) is 17.2 Å². The molecule has 2 heterocycles. The van der Waals surface area contributed by atoms with E-state index < -0.39 is 5.41 Å². The minimum atomic E-state index is -0.446. The maximum absolute atomic E-state index is 12.4. The van der Waals surface area contributed by atoms with E-state index in [-0.39, 0.29) is 5.91 Å². The van der Waals surface area contributed by atoms with Crippen LogP contribution < -0.4 is 15.5 Å². The standard InChI is InChI=1S/C32H44N6O/c1-31(2,3)30(39)37-28-23(9-8-18-34-28)21-33-20-22-14-16-32(17-15-22)19-24(32)12-13-27-35-26-11-7-6-10-25(26)29(36-27)38(4)5/h6-11,18,22,24,33H,12-17,19-21H2,1-5H3,(H,34,37,39)/t22?,24-,32?/m0/s1. The molecule has 208 valence electrons. The van der Waals surface area contributed by atoms with Crippen LogP contribution in [-0.4, -0.2) is 41.5 Å². The summed E-state index contributed by atoms with van der Waals surface area (Å²) < 4.78 is 0. The maximum Gasteiger partial charge on any atom is 0.230 e. The second kappa shape index (κ2) is 11.2. The average molecular weight is 529 g/mol. The fraction of sp³-hybridized carbons (Fsp3) is 0.562. The van der Waals surface area contributed by atoms with Gasteiger partial charge in [-0.05, 0) is 80.5 Å². The number of rotatable bonds is 9. The lowest BCUT2D eigenvalue weighted by atomic mass is 9.78. The summed E-state index contributed by atoms with van der Waals surface area (Å²) in [5, 5.41) is 7.77. The molecule has 2 aliphatic carbocycles. The highest BCUT2D eigenvalue weighted by Crippen LogP contribution is 2.63. The van der Waals surface area contributed by atoms with Crippen molar-refractivity contribution in [3.63, 3.8) is 0 Å². The molecule has 1 aromatic carbocycles. The van der Waals surface area contributed by atoms with Crippen molar-refractivity contribution >= 4 is 28.4 Å². The zero-order chi connectivity index (χ0) is 27.6. The number of pyridine rings is 1. The first-order valence-corrected chi connectivity index (χ1v) is 14.5. The summed E-state index contributed by atoms with van der Waals surface area (Å²) in [5.41, 5.74) is 2.20. The van der Waals surface area contributed by atoms with Crippen LogP contribution in [0.4, 0.5) is 11.6 Å². The molecule has 0 unspecified atom stereocenters. The summed E-state index contributed by atoms with van der Waals surface area (Å²) in [7, 11) is 4.12. The van der Waals surface area contributed by atoms with Crippen molar-refractivity contribution in [1.82, 2.24) is 20.3 Å². The third-order valence-electron chi connectivity index (χ3n) is 8.78. The summed E-state index contributed by atoms with van der Waals surface area (Å²) in [6.45, 7) is 7.49. The Balaban J connectivity index is 1.08. The van der Waals surface area contributed by atoms with Gasteiger partial charge in [0.05, 0.1) is 5.52 Å². The van der Waals surface area contributed by atoms with Gasteiger partial charge in [-0.3, -0.25) is 4.79 Å². The van der Waals surface area contributed by atoms with Gasteiger partial charge >= 0.3 is 0 Å². The Kier molecular flexibility index (Phi) is 7.90. The van der Waals surface area contributed by atoms with Gasteiger partial charge in [0.1, 0.15) is 17.5 Å². The van der Waals surface area contributed by atoms with Gasteiger partial charge in [-0.1, -0.05) is 39.0 Å². The zero-order valence-corrected chi connectivity index (χ0v) is 24.3. The Morgan fingerprint density at radius 1 is 1.08 bits per heavy atom. The Morgan fingerprint density at radius 3 is 2.59 bits per heavy atom. The number of para-hydroxylation sites is 1. The molecule has 3 aromatic rings. The van der Waals surface area contributed by atoms with Crippen LogP contribution in [0.15, 0.2) is 42.6 Å². The van der Waals surface area contributed by atoms with E-state index in [1.54, 1.807) is 6.20 Å². The molecule has 0 bridgehead atoms. The molecule has 1 spiro atoms. The molecule has 2 fully saturated rings. The van der Waals surface area contributed by atoms with Crippen molar-refractivity contribution in [2.45, 2.75) is 72.3 Å². The van der Waals surface area contributed by atoms with Gasteiger partial charge in [0.2, 0.25) is 5.91 Å². The van der Waals surface area contributed by atoms with Gasteiger partial charge in [0.15, 0.2) is 0 Å². The van der Waals surface area contributed by atoms with E-state index in [1.807, 2.05) is 32.9 Å². The number of nitrogens with one attached hydrogen (secondary N) is 2. The number of amides is 1. The van der Waals surface area contributed by atoms with Crippen LogP contribution in [0.1, 0.15) is 70.7 Å². The third kappa shape index (κ3) is 6.40. The molecule has 0 radical (unpaired) electrons. The largest absolute Gasteiger partial charge is 0.362 e. The van der Waals surface area contributed by atoms with Crippen LogP contribution in [0.2, 0.25) is 0 Å². The molecule has 2 aliphatic rings. The molecule has 0 saturated heterocycles. The minimum absolute atomic E-state index is 0.00988. The Bertz CT molecular complexity index is 1310. The fourth-order valence-corrected chi connectivity index (χ4v) is 6.17. The molecule has 39 heavy (non-hydrogen) atoms. The van der Waals surface area contributed by atoms with Gasteiger partial charge in [-0.15, -0.1) is 0 Å². The molecule has 2 N–H and O–H groups in total. The average Bonchev–Trinajstić information content (AvgIpc) is 3.59. The third-order valence-corrected chi connectivity index (χ3v) is 8.78. The SMILES string of the molecule is CN(C)c1nc(CC[C@H]2CC23CCC(CNCc2cccnc2NC(=O)C(C)(C)C)CC3)nc2ccccc12. The summed E-state index contributed by atoms with van der Waals surface area (Å²) in [5.74, 6) is 4.18. The van der Waals surface area contributed by atoms with Gasteiger partial charge < -0.3 is 15.5 Å². The topological polar surface area (TPSA) is 83.0 Å². The van der Waals surface area contributed by atoms with E-state index >= 15 is 0 Å². The number of aryl methyl sites for hydroxylation is 1. The minimum Gasteiger partial charge on any atom is -0.362 e. The van der Waals surface area contributed by atoms with Crippen LogP contribution >= 0.6 is 0 Å². The molecule has 1 amide bonds. The van der Waals surface area contributed by atoms with Crippen molar-refractivity contribution < 1.29 is 4.79 Å². The van der Waals surface area contributed by atoms with E-state index in [2.05, 4.69) is 58.9 Å². The number of nitrogens with zero attached hydrogens (tertiary/aromatic N) is 4. The predicted molar refractivity (Wildman–Crippen MR) is 159 cm³/mol. The number of carbonyl (C=O) groups excluding carboxylic acids is 1. The Morgan fingerprint density at radius 2 is 1.85 bits per heavy atom. The molecule has 1 atom stereocenters. The highest BCUT2D eigenvalue weighted by atomic mass is 16.2. The lowest BCUT2D eigenvalue weighted by Crippen LogP contribution is -2.30. The molecule has 0 aliphatic heterocycles. The number of hydrogen-bond donors (Lipinski definition) is 2. The molecule has 7 heteroatoms. The second-order valence-electron chi connectivity index (χ2n) is 13.0. The van der Waals surface area contributed by atoms with E-state index in [1.165, 1.54) is 38.5 Å². The number of benzene rings is 1. The molecular formula is C32H44N6O. The Labute approximate surface area is 233 Å². The van der Waals surface area contributed by atoms with Crippen LogP contribution in [0.25, 0.3) is 10.9 Å². The van der Waals surface area contributed by atoms with Crippen molar-refractivity contribution in [2.75, 3.05) is 30.9 Å². The molecule has 2 saturated carbocycles. The molecule has 5 rings (SSSR count). The van der Waals surface area contributed by atoms with Gasteiger partial charge in [0.25, 0.3) is 0 Å². The summed E-state index contributed by atoms with van der Waals surface area (Å²) >= 11 is 0. The lowest BCUT2D eigenvalue weighted by molar-refractivity contribution is -0.123. The van der Waals surface area contributed by atoms with Crippen molar-refractivity contribution in [3.8, 4) is 0 Å². The van der Waals surface area contributed by atoms with Crippen molar-refractivity contribution in [1.29, 1.82) is 0 Å². The smallest absolute Gasteiger partial charge is 0.230 e. The van der Waals surface area contributed by atoms with Gasteiger partial charge in [-0.2, -0.15) is 0 Å². The summed E-state index contributed by atoms with van der Waals surface area (Å²) in [6, 6.07) is 12.3. The van der Waals surface area contributed by atoms with Crippen LogP contribution in [0.5, 0.6) is 0 Å². The number of hydrogen-bond acceptors (Lipinski definition) is 6. The fourth-order valence-electron chi connectivity index (χ4n) is 6.17. The lowest BCUT2D eigenvalue weighted by Gasteiger charge is -2.30. The Hall–Kier alpha value is -3.06. The summed E-state index contributed by atoms with van der Waals surface area (Å²) in [4.78, 5) is 28.8. The number of anilines is 2. The first-order chi connectivity index (χ1) is 18.6. The van der Waals surface area contributed by atoms with E-state index in [9.17, 15) is 4.79 Å². The van der Waals surface area contributed by atoms with E-state index in [0.717, 1.165) is 53.5 Å². The monoisotopic (exact) mass is 528 g/mol.